The molecule has 0 aromatic rings. The van der Waals surface area contributed by atoms with Crippen LogP contribution in [0.1, 0.15) is 59.3 Å². The van der Waals surface area contributed by atoms with Gasteiger partial charge in [0.05, 0.1) is 5.92 Å². The summed E-state index contributed by atoms with van der Waals surface area (Å²) in [5.74, 6) is -0.648. The normalized spacial score (nSPS) is 27.6. The van der Waals surface area contributed by atoms with Gasteiger partial charge in [0.25, 0.3) is 0 Å². The lowest BCUT2D eigenvalue weighted by Gasteiger charge is -2.49. The fourth-order valence-corrected chi connectivity index (χ4v) is 3.74. The van der Waals surface area contributed by atoms with E-state index in [1.807, 2.05) is 6.92 Å². The SMILES string of the molecule is CCC(CC)CN(CC)C1(CN)CCCC(C(F)(F)F)C1. The number of hydrogen-bond acceptors (Lipinski definition) is 2. The van der Waals surface area contributed by atoms with Crippen molar-refractivity contribution in [3.8, 4) is 0 Å². The van der Waals surface area contributed by atoms with E-state index in [0.29, 0.717) is 18.9 Å². The quantitative estimate of drug-likeness (QED) is 0.764. The molecule has 0 bridgehead atoms. The standard InChI is InChI=1S/C16H31F3N2/c1-4-13(5-2)11-21(6-3)15(12-20)9-7-8-14(10-15)16(17,18)19/h13-14H,4-12,20H2,1-3H3. The summed E-state index contributed by atoms with van der Waals surface area (Å²) in [4.78, 5) is 2.24. The molecule has 2 unspecified atom stereocenters. The molecule has 1 saturated carbocycles. The molecular formula is C16H31F3N2. The number of likely N-dealkylation sites (N-methyl/N-ethyl adjacent to an activating group) is 1. The molecule has 0 saturated heterocycles. The van der Waals surface area contributed by atoms with Gasteiger partial charge in [0.2, 0.25) is 0 Å². The molecule has 0 aliphatic heterocycles. The molecule has 2 N–H and O–H groups in total. The summed E-state index contributed by atoms with van der Waals surface area (Å²) in [6, 6.07) is 0. The summed E-state index contributed by atoms with van der Waals surface area (Å²) in [6.07, 6.45) is -0.110. The fourth-order valence-electron chi connectivity index (χ4n) is 3.74. The minimum absolute atomic E-state index is 0.168. The number of halogens is 3. The third-order valence-corrected chi connectivity index (χ3v) is 5.35. The summed E-state index contributed by atoms with van der Waals surface area (Å²) >= 11 is 0. The number of alkyl halides is 3. The van der Waals surface area contributed by atoms with E-state index in [9.17, 15) is 13.2 Å². The van der Waals surface area contributed by atoms with E-state index in [2.05, 4.69) is 18.7 Å². The Morgan fingerprint density at radius 1 is 1.24 bits per heavy atom. The van der Waals surface area contributed by atoms with Crippen molar-refractivity contribution in [3.05, 3.63) is 0 Å². The largest absolute Gasteiger partial charge is 0.391 e. The summed E-state index contributed by atoms with van der Waals surface area (Å²) in [6.45, 7) is 8.31. The molecule has 0 radical (unpaired) electrons. The van der Waals surface area contributed by atoms with Crippen molar-refractivity contribution in [3.63, 3.8) is 0 Å². The Balaban J connectivity index is 2.89. The van der Waals surface area contributed by atoms with Crippen LogP contribution in [0.4, 0.5) is 13.2 Å². The Morgan fingerprint density at radius 2 is 1.86 bits per heavy atom. The lowest BCUT2D eigenvalue weighted by atomic mass is 9.73. The second kappa shape index (κ2) is 7.82. The second-order valence-corrected chi connectivity index (χ2v) is 6.48. The molecule has 5 heteroatoms. The number of hydrogen-bond donors (Lipinski definition) is 1. The van der Waals surface area contributed by atoms with Crippen LogP contribution < -0.4 is 5.73 Å². The number of nitrogens with two attached hydrogens (primary N) is 1. The third kappa shape index (κ3) is 4.59. The van der Waals surface area contributed by atoms with Gasteiger partial charge in [-0.25, -0.2) is 0 Å². The van der Waals surface area contributed by atoms with Crippen molar-refractivity contribution in [2.75, 3.05) is 19.6 Å². The van der Waals surface area contributed by atoms with Crippen LogP contribution in [0, 0.1) is 11.8 Å². The molecule has 0 heterocycles. The molecule has 21 heavy (non-hydrogen) atoms. The van der Waals surface area contributed by atoms with Crippen molar-refractivity contribution in [2.24, 2.45) is 17.6 Å². The van der Waals surface area contributed by atoms with Crippen molar-refractivity contribution < 1.29 is 13.2 Å². The van der Waals surface area contributed by atoms with Gasteiger partial charge < -0.3 is 5.73 Å². The first-order valence-corrected chi connectivity index (χ1v) is 8.34. The highest BCUT2D eigenvalue weighted by Crippen LogP contribution is 2.44. The predicted molar refractivity (Wildman–Crippen MR) is 81.1 cm³/mol. The van der Waals surface area contributed by atoms with Gasteiger partial charge in [-0.05, 0) is 31.7 Å². The summed E-state index contributed by atoms with van der Waals surface area (Å²) in [7, 11) is 0. The van der Waals surface area contributed by atoms with Crippen LogP contribution in [0.5, 0.6) is 0 Å². The minimum Gasteiger partial charge on any atom is -0.329 e. The zero-order valence-corrected chi connectivity index (χ0v) is 13.7. The van der Waals surface area contributed by atoms with Gasteiger partial charge in [-0.1, -0.05) is 40.0 Å². The van der Waals surface area contributed by atoms with E-state index < -0.39 is 17.6 Å². The van der Waals surface area contributed by atoms with Crippen LogP contribution in [-0.4, -0.2) is 36.2 Å². The molecule has 1 rings (SSSR count). The Morgan fingerprint density at radius 3 is 2.29 bits per heavy atom. The molecule has 2 nitrogen and oxygen atoms in total. The maximum atomic E-state index is 13.1. The lowest BCUT2D eigenvalue weighted by Crippen LogP contribution is -2.58. The van der Waals surface area contributed by atoms with Gasteiger partial charge >= 0.3 is 6.18 Å². The first kappa shape index (κ1) is 18.8. The Hall–Kier alpha value is -0.290. The predicted octanol–water partition coefficient (Wildman–Crippen LogP) is 4.19. The van der Waals surface area contributed by atoms with Gasteiger partial charge in [-0.15, -0.1) is 0 Å². The number of rotatable bonds is 7. The van der Waals surface area contributed by atoms with Crippen LogP contribution in [-0.2, 0) is 0 Å². The molecular weight excluding hydrogens is 277 g/mol. The van der Waals surface area contributed by atoms with E-state index in [4.69, 9.17) is 5.73 Å². The van der Waals surface area contributed by atoms with Crippen LogP contribution in [0.2, 0.25) is 0 Å². The summed E-state index contributed by atoms with van der Waals surface area (Å²) < 4.78 is 39.4. The smallest absolute Gasteiger partial charge is 0.329 e. The van der Waals surface area contributed by atoms with E-state index in [1.165, 1.54) is 0 Å². The monoisotopic (exact) mass is 308 g/mol. The first-order valence-electron chi connectivity index (χ1n) is 8.34. The summed E-state index contributed by atoms with van der Waals surface area (Å²) in [5, 5.41) is 0. The van der Waals surface area contributed by atoms with Gasteiger partial charge in [0, 0.05) is 18.6 Å². The van der Waals surface area contributed by atoms with Crippen LogP contribution in [0.15, 0.2) is 0 Å². The molecule has 0 aromatic carbocycles. The molecule has 0 amide bonds. The van der Waals surface area contributed by atoms with E-state index in [-0.39, 0.29) is 12.8 Å². The highest BCUT2D eigenvalue weighted by atomic mass is 19.4. The molecule has 126 valence electrons. The van der Waals surface area contributed by atoms with E-state index in [1.54, 1.807) is 0 Å². The third-order valence-electron chi connectivity index (χ3n) is 5.35. The molecule has 2 atom stereocenters. The average molecular weight is 308 g/mol. The van der Waals surface area contributed by atoms with E-state index in [0.717, 1.165) is 32.4 Å². The molecule has 0 aromatic heterocycles. The van der Waals surface area contributed by atoms with Crippen molar-refractivity contribution in [1.82, 2.24) is 4.90 Å². The second-order valence-electron chi connectivity index (χ2n) is 6.48. The van der Waals surface area contributed by atoms with Crippen LogP contribution in [0.3, 0.4) is 0 Å². The topological polar surface area (TPSA) is 29.3 Å². The van der Waals surface area contributed by atoms with Gasteiger partial charge in [0.15, 0.2) is 0 Å². The van der Waals surface area contributed by atoms with Crippen LogP contribution in [0.25, 0.3) is 0 Å². The van der Waals surface area contributed by atoms with Gasteiger partial charge in [-0.3, -0.25) is 4.90 Å². The Kier molecular flexibility index (Phi) is 6.98. The van der Waals surface area contributed by atoms with Crippen molar-refractivity contribution in [2.45, 2.75) is 71.0 Å². The zero-order valence-electron chi connectivity index (χ0n) is 13.7. The molecule has 0 spiro atoms. The average Bonchev–Trinajstić information content (AvgIpc) is 2.47. The Bertz CT molecular complexity index is 302. The number of nitrogens with zero attached hydrogens (tertiary/aromatic N) is 1. The van der Waals surface area contributed by atoms with Crippen LogP contribution >= 0.6 is 0 Å². The summed E-state index contributed by atoms with van der Waals surface area (Å²) in [5.41, 5.74) is 5.51. The molecule has 1 aliphatic rings. The first-order chi connectivity index (χ1) is 9.82. The van der Waals surface area contributed by atoms with Crippen molar-refractivity contribution >= 4 is 0 Å². The van der Waals surface area contributed by atoms with E-state index >= 15 is 0 Å². The fraction of sp³-hybridized carbons (Fsp3) is 1.00. The minimum atomic E-state index is -4.09. The Labute approximate surface area is 127 Å². The lowest BCUT2D eigenvalue weighted by molar-refractivity contribution is -0.194. The maximum absolute atomic E-state index is 13.1. The molecule has 1 fully saturated rings. The molecule has 1 aliphatic carbocycles. The highest BCUT2D eigenvalue weighted by Gasteiger charge is 2.49. The highest BCUT2D eigenvalue weighted by molar-refractivity contribution is 4.98. The van der Waals surface area contributed by atoms with Gasteiger partial charge in [-0.2, -0.15) is 13.2 Å². The van der Waals surface area contributed by atoms with Crippen molar-refractivity contribution in [1.29, 1.82) is 0 Å². The maximum Gasteiger partial charge on any atom is 0.391 e. The zero-order chi connectivity index (χ0) is 16.1. The van der Waals surface area contributed by atoms with Gasteiger partial charge in [0.1, 0.15) is 0 Å².